The minimum Gasteiger partial charge on any atom is -0.285 e. The number of hydrogen-bond donors (Lipinski definition) is 0. The van der Waals surface area contributed by atoms with Gasteiger partial charge >= 0.3 is 0 Å². The van der Waals surface area contributed by atoms with Crippen molar-refractivity contribution in [3.05, 3.63) is 11.1 Å². The molecule has 1 heterocycles. The van der Waals surface area contributed by atoms with Crippen LogP contribution in [0.5, 0.6) is 0 Å². The molecule has 1 aliphatic carbocycles. The minimum absolute atomic E-state index is 0.762. The van der Waals surface area contributed by atoms with Gasteiger partial charge in [0, 0.05) is 11.6 Å². The van der Waals surface area contributed by atoms with E-state index in [1.54, 1.807) is 5.57 Å². The van der Waals surface area contributed by atoms with Crippen LogP contribution in [0.15, 0.2) is 16.1 Å². The second kappa shape index (κ2) is 2.72. The molecule has 1 aliphatic heterocycles. The second-order valence-electron chi connectivity index (χ2n) is 4.35. The van der Waals surface area contributed by atoms with Gasteiger partial charge in [-0.15, -0.1) is 0 Å². The first-order valence-corrected chi connectivity index (χ1v) is 4.93. The van der Waals surface area contributed by atoms with Crippen LogP contribution in [0.4, 0.5) is 0 Å². The van der Waals surface area contributed by atoms with E-state index in [9.17, 15) is 0 Å². The predicted octanol–water partition coefficient (Wildman–Crippen LogP) is 2.82. The van der Waals surface area contributed by atoms with Crippen LogP contribution >= 0.6 is 0 Å². The molecule has 0 aromatic heterocycles. The van der Waals surface area contributed by atoms with Gasteiger partial charge in [-0.3, -0.25) is 4.99 Å². The van der Waals surface area contributed by atoms with E-state index in [4.69, 9.17) is 0 Å². The van der Waals surface area contributed by atoms with Crippen LogP contribution in [0.1, 0.15) is 33.6 Å². The number of aliphatic imine (C=N–C) groups is 1. The molecule has 1 nitrogen and oxygen atoms in total. The molecule has 0 amide bonds. The predicted molar refractivity (Wildman–Crippen MR) is 52.6 cm³/mol. The molecule has 1 fully saturated rings. The minimum atomic E-state index is 0.762. The van der Waals surface area contributed by atoms with Crippen molar-refractivity contribution in [2.24, 2.45) is 16.8 Å². The van der Waals surface area contributed by atoms with E-state index in [2.05, 4.69) is 25.8 Å². The summed E-state index contributed by atoms with van der Waals surface area (Å²) < 4.78 is 0. The first kappa shape index (κ1) is 8.03. The molecule has 0 aromatic carbocycles. The second-order valence-corrected chi connectivity index (χ2v) is 4.35. The lowest BCUT2D eigenvalue weighted by atomic mass is 9.93. The summed E-state index contributed by atoms with van der Waals surface area (Å²) in [6.45, 7) is 7.83. The Bertz CT molecular complexity index is 258. The molecule has 0 radical (unpaired) electrons. The van der Waals surface area contributed by atoms with Gasteiger partial charge in [0.2, 0.25) is 0 Å². The highest BCUT2D eigenvalue weighted by atomic mass is 14.8. The number of rotatable bonds is 1. The summed E-state index contributed by atoms with van der Waals surface area (Å²) >= 11 is 0. The lowest BCUT2D eigenvalue weighted by molar-refractivity contribution is 0.486. The summed E-state index contributed by atoms with van der Waals surface area (Å²) in [7, 11) is 0. The molecule has 0 spiro atoms. The third kappa shape index (κ3) is 1.03. The highest BCUT2D eigenvalue weighted by molar-refractivity contribution is 6.06. The van der Waals surface area contributed by atoms with Crippen LogP contribution in [0.2, 0.25) is 0 Å². The molecule has 1 heteroatoms. The Hall–Kier alpha value is -0.590. The summed E-state index contributed by atoms with van der Waals surface area (Å²) in [6, 6.07) is 0. The number of hydrogen-bond acceptors (Lipinski definition) is 1. The van der Waals surface area contributed by atoms with Gasteiger partial charge in [-0.05, 0) is 36.8 Å². The molecule has 1 atom stereocenters. The van der Waals surface area contributed by atoms with Gasteiger partial charge < -0.3 is 0 Å². The van der Waals surface area contributed by atoms with Gasteiger partial charge in [0.1, 0.15) is 0 Å². The molecule has 0 bridgehead atoms. The van der Waals surface area contributed by atoms with Crippen molar-refractivity contribution in [2.45, 2.75) is 33.6 Å². The highest BCUT2D eigenvalue weighted by Crippen LogP contribution is 2.37. The average molecular weight is 163 g/mol. The van der Waals surface area contributed by atoms with Crippen LogP contribution in [0.3, 0.4) is 0 Å². The molecule has 0 aromatic rings. The molecule has 0 N–H and O–H groups in total. The maximum absolute atomic E-state index is 4.62. The summed E-state index contributed by atoms with van der Waals surface area (Å²) in [4.78, 5) is 4.62. The molecular weight excluding hydrogens is 146 g/mol. The SMILES string of the molecule is CC1=C2CCC(C(C)C)C2=NC1. The zero-order valence-corrected chi connectivity index (χ0v) is 8.22. The fourth-order valence-electron chi connectivity index (χ4n) is 2.38. The smallest absolute Gasteiger partial charge is 0.0606 e. The summed E-state index contributed by atoms with van der Waals surface area (Å²) in [5.74, 6) is 1.53. The van der Waals surface area contributed by atoms with E-state index in [1.807, 2.05) is 0 Å². The van der Waals surface area contributed by atoms with Gasteiger partial charge in [-0.25, -0.2) is 0 Å². The van der Waals surface area contributed by atoms with E-state index >= 15 is 0 Å². The largest absolute Gasteiger partial charge is 0.285 e. The molecule has 1 saturated carbocycles. The lowest BCUT2D eigenvalue weighted by Crippen LogP contribution is -2.13. The van der Waals surface area contributed by atoms with Crippen LogP contribution < -0.4 is 0 Å². The van der Waals surface area contributed by atoms with Crippen molar-refractivity contribution in [3.8, 4) is 0 Å². The Morgan fingerprint density at radius 1 is 1.42 bits per heavy atom. The van der Waals surface area contributed by atoms with Gasteiger partial charge in [-0.2, -0.15) is 0 Å². The van der Waals surface area contributed by atoms with Gasteiger partial charge in [-0.1, -0.05) is 13.8 Å². The molecule has 66 valence electrons. The standard InChI is InChI=1S/C11H17N/c1-7(2)9-4-5-10-8(3)6-12-11(9)10/h7,9H,4-6H2,1-3H3. The Morgan fingerprint density at radius 2 is 2.17 bits per heavy atom. The topological polar surface area (TPSA) is 12.4 Å². The maximum Gasteiger partial charge on any atom is 0.0606 e. The first-order valence-electron chi connectivity index (χ1n) is 4.93. The van der Waals surface area contributed by atoms with Crippen molar-refractivity contribution >= 4 is 5.71 Å². The molecule has 1 unspecified atom stereocenters. The van der Waals surface area contributed by atoms with E-state index in [0.29, 0.717) is 0 Å². The summed E-state index contributed by atoms with van der Waals surface area (Å²) in [5.41, 5.74) is 4.56. The van der Waals surface area contributed by atoms with E-state index in [0.717, 1.165) is 18.4 Å². The van der Waals surface area contributed by atoms with Crippen molar-refractivity contribution in [3.63, 3.8) is 0 Å². The highest BCUT2D eigenvalue weighted by Gasteiger charge is 2.32. The third-order valence-corrected chi connectivity index (χ3v) is 3.17. The zero-order chi connectivity index (χ0) is 8.72. The van der Waals surface area contributed by atoms with Crippen LogP contribution in [0.25, 0.3) is 0 Å². The Kier molecular flexibility index (Phi) is 1.82. The quantitative estimate of drug-likeness (QED) is 0.563. The summed E-state index contributed by atoms with van der Waals surface area (Å²) in [5, 5.41) is 0. The van der Waals surface area contributed by atoms with Gasteiger partial charge in [0.05, 0.1) is 6.54 Å². The van der Waals surface area contributed by atoms with Crippen LogP contribution in [-0.4, -0.2) is 12.3 Å². The third-order valence-electron chi connectivity index (χ3n) is 3.17. The van der Waals surface area contributed by atoms with Crippen molar-refractivity contribution < 1.29 is 0 Å². The summed E-state index contributed by atoms with van der Waals surface area (Å²) in [6.07, 6.45) is 2.62. The van der Waals surface area contributed by atoms with Crippen molar-refractivity contribution in [1.82, 2.24) is 0 Å². The van der Waals surface area contributed by atoms with E-state index in [1.165, 1.54) is 24.1 Å². The normalized spacial score (nSPS) is 28.3. The molecular formula is C11H17N. The van der Waals surface area contributed by atoms with Crippen molar-refractivity contribution in [1.29, 1.82) is 0 Å². The molecule has 12 heavy (non-hydrogen) atoms. The maximum atomic E-state index is 4.62. The number of fused-ring (bicyclic) bond motifs is 1. The fraction of sp³-hybridized carbons (Fsp3) is 0.727. The molecule has 2 rings (SSSR count). The van der Waals surface area contributed by atoms with Crippen LogP contribution in [0, 0.1) is 11.8 Å². The number of nitrogens with zero attached hydrogens (tertiary/aromatic N) is 1. The van der Waals surface area contributed by atoms with Gasteiger partial charge in [0.25, 0.3) is 0 Å². The van der Waals surface area contributed by atoms with Crippen molar-refractivity contribution in [2.75, 3.05) is 6.54 Å². The Labute approximate surface area is 74.6 Å². The lowest BCUT2D eigenvalue weighted by Gasteiger charge is -2.13. The fourth-order valence-corrected chi connectivity index (χ4v) is 2.38. The van der Waals surface area contributed by atoms with E-state index < -0.39 is 0 Å². The van der Waals surface area contributed by atoms with Gasteiger partial charge in [0.15, 0.2) is 0 Å². The average Bonchev–Trinajstić information content (AvgIpc) is 2.53. The molecule has 2 aliphatic rings. The van der Waals surface area contributed by atoms with Crippen LogP contribution in [-0.2, 0) is 0 Å². The number of allylic oxidation sites excluding steroid dienone is 1. The molecule has 0 saturated heterocycles. The zero-order valence-electron chi connectivity index (χ0n) is 8.22. The Morgan fingerprint density at radius 3 is 2.83 bits per heavy atom. The van der Waals surface area contributed by atoms with E-state index in [-0.39, 0.29) is 0 Å². The monoisotopic (exact) mass is 163 g/mol. The first-order chi connectivity index (χ1) is 5.70. The Balaban J connectivity index is 2.27.